The van der Waals surface area contributed by atoms with E-state index in [-0.39, 0.29) is 5.78 Å². The van der Waals surface area contributed by atoms with Crippen LogP contribution in [-0.2, 0) is 0 Å². The molecule has 0 aliphatic heterocycles. The molecule has 0 aliphatic rings. The normalized spacial score (nSPS) is 10.4. The second-order valence-corrected chi connectivity index (χ2v) is 5.53. The minimum Gasteiger partial charge on any atom is -0.365 e. The number of nitrogens with zero attached hydrogens (tertiary/aromatic N) is 1. The van der Waals surface area contributed by atoms with Gasteiger partial charge < -0.3 is 5.73 Å². The summed E-state index contributed by atoms with van der Waals surface area (Å²) in [5.41, 5.74) is 9.31. The quantitative estimate of drug-likeness (QED) is 0.752. The number of carbonyl (C=O) groups excluding carboxylic acids is 2. The van der Waals surface area contributed by atoms with Crippen LogP contribution in [0, 0.1) is 0 Å². The van der Waals surface area contributed by atoms with Gasteiger partial charge >= 0.3 is 0 Å². The summed E-state index contributed by atoms with van der Waals surface area (Å²) in [4.78, 5) is 28.5. The van der Waals surface area contributed by atoms with Crippen molar-refractivity contribution in [1.29, 1.82) is 0 Å². The zero-order valence-electron chi connectivity index (χ0n) is 11.5. The Bertz CT molecular complexity index is 841. The van der Waals surface area contributed by atoms with Crippen molar-refractivity contribution in [3.63, 3.8) is 0 Å². The molecule has 0 fully saturated rings. The van der Waals surface area contributed by atoms with E-state index in [4.69, 9.17) is 5.73 Å². The first kappa shape index (κ1) is 14.2. The standard InChI is InChI=1S/C17H12N2O2S/c18-17(21)16-14(19-10-22-16)12-7-4-8-13(9-12)15(20)11-5-2-1-3-6-11/h1-10H,(H2,18,21). The van der Waals surface area contributed by atoms with Gasteiger partial charge in [-0.15, -0.1) is 11.3 Å². The Kier molecular flexibility index (Phi) is 3.80. The van der Waals surface area contributed by atoms with Crippen LogP contribution >= 0.6 is 11.3 Å². The predicted molar refractivity (Wildman–Crippen MR) is 85.9 cm³/mol. The van der Waals surface area contributed by atoms with E-state index in [0.717, 1.165) is 0 Å². The summed E-state index contributed by atoms with van der Waals surface area (Å²) in [6, 6.07) is 16.1. The molecular formula is C17H12N2O2S. The molecule has 1 heterocycles. The molecule has 1 amide bonds. The van der Waals surface area contributed by atoms with E-state index in [1.54, 1.807) is 35.8 Å². The second-order valence-electron chi connectivity index (χ2n) is 4.67. The molecule has 108 valence electrons. The lowest BCUT2D eigenvalue weighted by molar-refractivity contribution is 0.100. The van der Waals surface area contributed by atoms with Crippen molar-refractivity contribution in [2.24, 2.45) is 5.73 Å². The summed E-state index contributed by atoms with van der Waals surface area (Å²) in [6.45, 7) is 0. The van der Waals surface area contributed by atoms with Gasteiger partial charge in [0.05, 0.1) is 11.2 Å². The fourth-order valence-corrected chi connectivity index (χ4v) is 2.85. The molecule has 0 unspecified atom stereocenters. The van der Waals surface area contributed by atoms with Gasteiger partial charge in [-0.1, -0.05) is 48.5 Å². The van der Waals surface area contributed by atoms with Gasteiger partial charge in [0.25, 0.3) is 5.91 Å². The van der Waals surface area contributed by atoms with Crippen LogP contribution in [0.1, 0.15) is 25.6 Å². The van der Waals surface area contributed by atoms with E-state index < -0.39 is 5.91 Å². The van der Waals surface area contributed by atoms with E-state index in [9.17, 15) is 9.59 Å². The smallest absolute Gasteiger partial charge is 0.261 e. The number of hydrogen-bond donors (Lipinski definition) is 1. The lowest BCUT2D eigenvalue weighted by Crippen LogP contribution is -2.10. The van der Waals surface area contributed by atoms with Crippen LogP contribution in [0.25, 0.3) is 11.3 Å². The van der Waals surface area contributed by atoms with Crippen LogP contribution in [-0.4, -0.2) is 16.7 Å². The number of thiazole rings is 1. The predicted octanol–water partition coefficient (Wildman–Crippen LogP) is 3.14. The third-order valence-electron chi connectivity index (χ3n) is 3.23. The van der Waals surface area contributed by atoms with E-state index in [1.165, 1.54) is 11.3 Å². The molecule has 0 aliphatic carbocycles. The number of ketones is 1. The summed E-state index contributed by atoms with van der Waals surface area (Å²) < 4.78 is 0. The summed E-state index contributed by atoms with van der Waals surface area (Å²) in [7, 11) is 0. The highest BCUT2D eigenvalue weighted by Crippen LogP contribution is 2.26. The Labute approximate surface area is 131 Å². The van der Waals surface area contributed by atoms with Gasteiger partial charge in [0.1, 0.15) is 4.88 Å². The molecule has 0 radical (unpaired) electrons. The summed E-state index contributed by atoms with van der Waals surface area (Å²) >= 11 is 1.19. The minimum atomic E-state index is -0.516. The monoisotopic (exact) mass is 308 g/mol. The Hall–Kier alpha value is -2.79. The third-order valence-corrected chi connectivity index (χ3v) is 4.07. The molecule has 2 N–H and O–H groups in total. The van der Waals surface area contributed by atoms with E-state index in [0.29, 0.717) is 27.3 Å². The molecule has 3 rings (SSSR count). The second kappa shape index (κ2) is 5.91. The van der Waals surface area contributed by atoms with Gasteiger partial charge in [0, 0.05) is 16.7 Å². The largest absolute Gasteiger partial charge is 0.365 e. The highest BCUT2D eigenvalue weighted by atomic mass is 32.1. The van der Waals surface area contributed by atoms with Gasteiger partial charge in [-0.2, -0.15) is 0 Å². The Morgan fingerprint density at radius 2 is 1.68 bits per heavy atom. The SMILES string of the molecule is NC(=O)c1scnc1-c1cccc(C(=O)c2ccccc2)c1. The van der Waals surface area contributed by atoms with Crippen LogP contribution in [0.3, 0.4) is 0 Å². The van der Waals surface area contributed by atoms with Gasteiger partial charge in [-0.3, -0.25) is 9.59 Å². The van der Waals surface area contributed by atoms with Crippen LogP contribution in [0.5, 0.6) is 0 Å². The number of nitrogens with two attached hydrogens (primary N) is 1. The molecule has 0 spiro atoms. The van der Waals surface area contributed by atoms with Crippen LogP contribution in [0.15, 0.2) is 60.1 Å². The van der Waals surface area contributed by atoms with Crippen LogP contribution in [0.4, 0.5) is 0 Å². The average molecular weight is 308 g/mol. The van der Waals surface area contributed by atoms with Crippen LogP contribution < -0.4 is 5.73 Å². The average Bonchev–Trinajstić information content (AvgIpc) is 3.05. The number of rotatable bonds is 4. The Balaban J connectivity index is 2.02. The maximum Gasteiger partial charge on any atom is 0.261 e. The zero-order chi connectivity index (χ0) is 15.5. The van der Waals surface area contributed by atoms with Gasteiger partial charge in [0.15, 0.2) is 5.78 Å². The molecule has 0 saturated heterocycles. The topological polar surface area (TPSA) is 73.1 Å². The number of benzene rings is 2. The summed E-state index contributed by atoms with van der Waals surface area (Å²) in [5, 5.41) is 0. The fourth-order valence-electron chi connectivity index (χ4n) is 2.19. The first-order chi connectivity index (χ1) is 10.7. The molecule has 4 nitrogen and oxygen atoms in total. The minimum absolute atomic E-state index is 0.0710. The maximum atomic E-state index is 12.5. The highest BCUT2D eigenvalue weighted by molar-refractivity contribution is 7.12. The van der Waals surface area contributed by atoms with Crippen molar-refractivity contribution in [2.75, 3.05) is 0 Å². The Morgan fingerprint density at radius 3 is 2.41 bits per heavy atom. The molecule has 0 atom stereocenters. The summed E-state index contributed by atoms with van der Waals surface area (Å²) in [6.07, 6.45) is 0. The van der Waals surface area contributed by atoms with Crippen molar-refractivity contribution in [3.8, 4) is 11.3 Å². The fraction of sp³-hybridized carbons (Fsp3) is 0. The van der Waals surface area contributed by atoms with E-state index in [2.05, 4.69) is 4.98 Å². The van der Waals surface area contributed by atoms with Crippen molar-refractivity contribution >= 4 is 23.0 Å². The molecule has 0 bridgehead atoms. The third kappa shape index (κ3) is 2.66. The molecule has 1 aromatic heterocycles. The molecule has 2 aromatic carbocycles. The number of aromatic nitrogens is 1. The van der Waals surface area contributed by atoms with E-state index >= 15 is 0 Å². The Morgan fingerprint density at radius 1 is 0.955 bits per heavy atom. The lowest BCUT2D eigenvalue weighted by atomic mass is 10.00. The van der Waals surface area contributed by atoms with Crippen molar-refractivity contribution in [1.82, 2.24) is 4.98 Å². The number of primary amides is 1. The molecule has 0 saturated carbocycles. The number of hydrogen-bond acceptors (Lipinski definition) is 4. The number of carbonyl (C=O) groups is 2. The zero-order valence-corrected chi connectivity index (χ0v) is 12.3. The lowest BCUT2D eigenvalue weighted by Gasteiger charge is -2.04. The maximum absolute atomic E-state index is 12.5. The molecule has 3 aromatic rings. The molecule has 5 heteroatoms. The van der Waals surface area contributed by atoms with Crippen molar-refractivity contribution < 1.29 is 9.59 Å². The summed E-state index contributed by atoms with van der Waals surface area (Å²) in [5.74, 6) is -0.587. The highest BCUT2D eigenvalue weighted by Gasteiger charge is 2.15. The van der Waals surface area contributed by atoms with Crippen molar-refractivity contribution in [3.05, 3.63) is 76.1 Å². The first-order valence-corrected chi connectivity index (χ1v) is 7.48. The van der Waals surface area contributed by atoms with E-state index in [1.807, 2.05) is 24.3 Å². The molecular weight excluding hydrogens is 296 g/mol. The van der Waals surface area contributed by atoms with Crippen molar-refractivity contribution in [2.45, 2.75) is 0 Å². The van der Waals surface area contributed by atoms with Crippen LogP contribution in [0.2, 0.25) is 0 Å². The first-order valence-electron chi connectivity index (χ1n) is 6.60. The van der Waals surface area contributed by atoms with Gasteiger partial charge in [-0.25, -0.2) is 4.98 Å². The number of amides is 1. The van der Waals surface area contributed by atoms with Gasteiger partial charge in [-0.05, 0) is 6.07 Å². The van der Waals surface area contributed by atoms with Gasteiger partial charge in [0.2, 0.25) is 0 Å². The molecule has 22 heavy (non-hydrogen) atoms.